The summed E-state index contributed by atoms with van der Waals surface area (Å²) in [5, 5.41) is 5.19. The van der Waals surface area contributed by atoms with Gasteiger partial charge in [-0.1, -0.05) is 0 Å². The van der Waals surface area contributed by atoms with Crippen molar-refractivity contribution in [3.8, 4) is 11.1 Å². The quantitative estimate of drug-likeness (QED) is 0.421. The van der Waals surface area contributed by atoms with Crippen LogP contribution in [0.15, 0.2) is 47.7 Å². The summed E-state index contributed by atoms with van der Waals surface area (Å²) in [6, 6.07) is 13.0. The molecule has 0 bridgehead atoms. The van der Waals surface area contributed by atoms with Crippen molar-refractivity contribution in [2.75, 3.05) is 6.61 Å². The molecule has 3 aliphatic rings. The zero-order valence-electron chi connectivity index (χ0n) is 21.4. The van der Waals surface area contributed by atoms with Crippen molar-refractivity contribution in [1.29, 1.82) is 0 Å². The summed E-state index contributed by atoms with van der Waals surface area (Å²) in [5.41, 5.74) is 9.47. The van der Waals surface area contributed by atoms with Crippen LogP contribution in [-0.2, 0) is 29.1 Å². The van der Waals surface area contributed by atoms with Crippen LogP contribution in [0.3, 0.4) is 0 Å². The van der Waals surface area contributed by atoms with Crippen LogP contribution in [0.1, 0.15) is 26.7 Å². The third-order valence-electron chi connectivity index (χ3n) is 7.67. The first kappa shape index (κ1) is 28.6. The molecule has 0 spiro atoms. The van der Waals surface area contributed by atoms with Crippen LogP contribution >= 0.6 is 0 Å². The molecule has 0 radical (unpaired) electrons. The van der Waals surface area contributed by atoms with Gasteiger partial charge >= 0.3 is 186 Å². The van der Waals surface area contributed by atoms with Crippen LogP contribution in [-0.4, -0.2) is 31.1 Å². The minimum absolute atomic E-state index is 0. The third-order valence-corrected chi connectivity index (χ3v) is 16.9. The van der Waals surface area contributed by atoms with Gasteiger partial charge in [-0.15, -0.1) is 0 Å². The van der Waals surface area contributed by atoms with Crippen molar-refractivity contribution in [2.45, 2.75) is 61.9 Å². The molecular formula is C27H35Cl2OSi3Zr. The molecule has 1 atom stereocenters. The van der Waals surface area contributed by atoms with E-state index in [1.165, 1.54) is 11.6 Å². The Morgan fingerprint density at radius 3 is 2.32 bits per heavy atom. The molecule has 1 unspecified atom stereocenters. The Kier molecular flexibility index (Phi) is 8.15. The molecule has 1 heterocycles. The first-order valence-corrected chi connectivity index (χ1v) is 23.0. The Labute approximate surface area is 236 Å². The fraction of sp³-hybridized carbons (Fsp3) is 0.407. The second-order valence-electron chi connectivity index (χ2n) is 11.9. The summed E-state index contributed by atoms with van der Waals surface area (Å²) in [7, 11) is -4.31. The number of benzene rings is 2. The smallest absolute Gasteiger partial charge is 1.00 e. The van der Waals surface area contributed by atoms with Crippen LogP contribution in [0.5, 0.6) is 0 Å². The van der Waals surface area contributed by atoms with E-state index in [1.807, 2.05) is 0 Å². The van der Waals surface area contributed by atoms with Crippen molar-refractivity contribution >= 4 is 40.4 Å². The van der Waals surface area contributed by atoms with E-state index in [0.29, 0.717) is 3.63 Å². The van der Waals surface area contributed by atoms with Crippen molar-refractivity contribution in [1.82, 2.24) is 0 Å². The fourth-order valence-electron chi connectivity index (χ4n) is 5.71. The van der Waals surface area contributed by atoms with E-state index < -0.39 is 24.5 Å². The molecular weight excluding hydrogens is 587 g/mol. The second kappa shape index (κ2) is 9.70. The van der Waals surface area contributed by atoms with Crippen LogP contribution in [0.25, 0.3) is 16.7 Å². The number of fused-ring (bicyclic) bond motifs is 5. The van der Waals surface area contributed by atoms with E-state index in [4.69, 9.17) is 4.43 Å². The van der Waals surface area contributed by atoms with Crippen molar-refractivity contribution in [2.24, 2.45) is 0 Å². The summed E-state index contributed by atoms with van der Waals surface area (Å²) in [6.45, 7) is 18.0. The summed E-state index contributed by atoms with van der Waals surface area (Å²) in [6.07, 6.45) is 6.24. The average molecular weight is 622 g/mol. The van der Waals surface area contributed by atoms with Crippen LogP contribution in [0, 0.1) is 0 Å². The van der Waals surface area contributed by atoms with E-state index in [-0.39, 0.29) is 24.8 Å². The molecule has 1 aliphatic heterocycles. The first-order valence-electron chi connectivity index (χ1n) is 12.0. The Hall–Kier alpha value is -0.00623. The van der Waals surface area contributed by atoms with Gasteiger partial charge in [-0.3, -0.25) is 0 Å². The molecule has 0 amide bonds. The number of hydrogen-bond donors (Lipinski definition) is 0. The molecule has 2 aliphatic carbocycles. The van der Waals surface area contributed by atoms with Gasteiger partial charge in [-0.25, -0.2) is 0 Å². The number of rotatable bonds is 6. The van der Waals surface area contributed by atoms with Crippen LogP contribution in [0.4, 0.5) is 0 Å². The van der Waals surface area contributed by atoms with Gasteiger partial charge in [0.25, 0.3) is 0 Å². The maximum Gasteiger partial charge on any atom is -1.00 e. The summed E-state index contributed by atoms with van der Waals surface area (Å²) >= 11 is 1.63. The predicted molar refractivity (Wildman–Crippen MR) is 143 cm³/mol. The van der Waals surface area contributed by atoms with Gasteiger partial charge in [-0.05, 0) is 19.6 Å². The maximum atomic E-state index is 6.22. The molecule has 0 aromatic heterocycles. The minimum atomic E-state index is -1.47. The zero-order valence-corrected chi connectivity index (χ0v) is 28.4. The zero-order chi connectivity index (χ0) is 23.1. The Morgan fingerprint density at radius 2 is 1.65 bits per heavy atom. The predicted octanol–water partition coefficient (Wildman–Crippen LogP) is 0.260. The molecule has 2 aromatic carbocycles. The van der Waals surface area contributed by atoms with Gasteiger partial charge in [0.1, 0.15) is 0 Å². The third kappa shape index (κ3) is 4.80. The van der Waals surface area contributed by atoms with Crippen LogP contribution < -0.4 is 35.2 Å². The monoisotopic (exact) mass is 619 g/mol. The van der Waals surface area contributed by atoms with Gasteiger partial charge < -0.3 is 24.8 Å². The fourth-order valence-corrected chi connectivity index (χ4v) is 14.3. The number of hydrogen-bond acceptors (Lipinski definition) is 1. The van der Waals surface area contributed by atoms with E-state index in [9.17, 15) is 0 Å². The van der Waals surface area contributed by atoms with Gasteiger partial charge in [-0.2, -0.15) is 0 Å². The van der Waals surface area contributed by atoms with Gasteiger partial charge in [0, 0.05) is 0 Å². The number of allylic oxidation sites excluding steroid dienone is 4. The largest absolute Gasteiger partial charge is 1.00 e. The minimum Gasteiger partial charge on any atom is -1.00 e. The summed E-state index contributed by atoms with van der Waals surface area (Å²) < 4.78 is 6.85. The summed E-state index contributed by atoms with van der Waals surface area (Å²) in [4.78, 5) is 0. The first-order chi connectivity index (χ1) is 14.9. The molecule has 7 heteroatoms. The van der Waals surface area contributed by atoms with E-state index in [1.54, 1.807) is 68.1 Å². The SMILES string of the molecule is C[Si](C)(C)OCC[Si](C)(C)C1=CCC(c2cc3c(c4c2[Si]4(C)C)[CH]([Zr+2])c2ccccc2-3)=C1.[Cl-].[Cl-]. The standard InChI is InChI=1S/C27H35OSi3.2ClH.Zr/c1-29(2,3)28-14-15-30(4,5)21-13-12-20(16-21)23-18-24-22-11-9-8-10-19(22)17-25(24)27-26(23)31(27,6)7;;;/h8-11,13,16-18H,12,14-15H2,1-7H3;2*1H;/q;;;+2/p-2. The number of halogens is 2. The van der Waals surface area contributed by atoms with E-state index in [2.05, 4.69) is 88.3 Å². The molecule has 0 saturated carbocycles. The van der Waals surface area contributed by atoms with E-state index in [0.717, 1.165) is 13.0 Å². The Morgan fingerprint density at radius 1 is 0.971 bits per heavy atom. The normalized spacial score (nSPS) is 19.3. The van der Waals surface area contributed by atoms with Gasteiger partial charge in [0.15, 0.2) is 8.32 Å². The maximum absolute atomic E-state index is 6.22. The topological polar surface area (TPSA) is 9.23 Å². The van der Waals surface area contributed by atoms with Crippen LogP contribution in [0.2, 0.25) is 51.9 Å². The van der Waals surface area contributed by atoms with Crippen molar-refractivity contribution in [3.05, 3.63) is 64.4 Å². The molecule has 2 aromatic rings. The molecule has 34 heavy (non-hydrogen) atoms. The van der Waals surface area contributed by atoms with Crippen molar-refractivity contribution in [3.63, 3.8) is 0 Å². The Bertz CT molecular complexity index is 1200. The second-order valence-corrected chi connectivity index (χ2v) is 26.9. The van der Waals surface area contributed by atoms with Crippen molar-refractivity contribution < 1.29 is 54.0 Å². The molecule has 0 fully saturated rings. The average Bonchev–Trinajstić information content (AvgIpc) is 3.04. The summed E-state index contributed by atoms with van der Waals surface area (Å²) in [5.74, 6) is 0. The Balaban J connectivity index is 0.00000162. The molecule has 0 saturated heterocycles. The van der Waals surface area contributed by atoms with Gasteiger partial charge in [0.2, 0.25) is 0 Å². The molecule has 179 valence electrons. The molecule has 0 N–H and O–H groups in total. The molecule has 1 nitrogen and oxygen atoms in total. The van der Waals surface area contributed by atoms with E-state index >= 15 is 0 Å². The van der Waals surface area contributed by atoms with Gasteiger partial charge in [0.05, 0.1) is 0 Å². The molecule has 5 rings (SSSR count).